The molecule has 15 heavy (non-hydrogen) atoms. The first-order valence-electron chi connectivity index (χ1n) is 5.47. The van der Waals surface area contributed by atoms with Crippen molar-refractivity contribution in [2.45, 2.75) is 18.5 Å². The zero-order chi connectivity index (χ0) is 10.5. The third-order valence-electron chi connectivity index (χ3n) is 2.78. The van der Waals surface area contributed by atoms with Crippen molar-refractivity contribution >= 4 is 0 Å². The van der Waals surface area contributed by atoms with E-state index in [0.29, 0.717) is 6.04 Å². The molecule has 82 valence electrons. The fraction of sp³-hybridized carbons (Fsp3) is 0.500. The standard InChI is InChI=1S/C12H18N2O/c13-11(12-9-15-7-6-14-12)8-10-4-2-1-3-5-10/h1-5,11-12,14H,6-9,13H2. The van der Waals surface area contributed by atoms with Crippen molar-refractivity contribution in [3.05, 3.63) is 35.9 Å². The Morgan fingerprint density at radius 1 is 1.40 bits per heavy atom. The molecule has 1 heterocycles. The maximum absolute atomic E-state index is 6.14. The number of benzene rings is 1. The minimum absolute atomic E-state index is 0.132. The van der Waals surface area contributed by atoms with Crippen LogP contribution < -0.4 is 11.1 Å². The van der Waals surface area contributed by atoms with Gasteiger partial charge in [0.1, 0.15) is 0 Å². The molecule has 2 atom stereocenters. The zero-order valence-corrected chi connectivity index (χ0v) is 8.86. The van der Waals surface area contributed by atoms with E-state index in [4.69, 9.17) is 10.5 Å². The van der Waals surface area contributed by atoms with Gasteiger partial charge >= 0.3 is 0 Å². The first-order valence-corrected chi connectivity index (χ1v) is 5.47. The van der Waals surface area contributed by atoms with Crippen molar-refractivity contribution in [3.8, 4) is 0 Å². The summed E-state index contributed by atoms with van der Waals surface area (Å²) in [5, 5.41) is 3.39. The van der Waals surface area contributed by atoms with E-state index < -0.39 is 0 Å². The molecule has 3 heteroatoms. The lowest BCUT2D eigenvalue weighted by molar-refractivity contribution is 0.0686. The highest BCUT2D eigenvalue weighted by atomic mass is 16.5. The Morgan fingerprint density at radius 3 is 2.87 bits per heavy atom. The van der Waals surface area contributed by atoms with Crippen molar-refractivity contribution in [2.75, 3.05) is 19.8 Å². The molecule has 3 N–H and O–H groups in total. The van der Waals surface area contributed by atoms with E-state index in [1.54, 1.807) is 0 Å². The van der Waals surface area contributed by atoms with Crippen LogP contribution in [0, 0.1) is 0 Å². The predicted molar refractivity (Wildman–Crippen MR) is 60.7 cm³/mol. The Hall–Kier alpha value is -0.900. The number of ether oxygens (including phenoxy) is 1. The molecule has 3 nitrogen and oxygen atoms in total. The number of hydrogen-bond donors (Lipinski definition) is 2. The molecule has 2 unspecified atom stereocenters. The molecule has 1 aliphatic heterocycles. The minimum atomic E-state index is 0.132. The van der Waals surface area contributed by atoms with Crippen molar-refractivity contribution in [2.24, 2.45) is 5.73 Å². The van der Waals surface area contributed by atoms with E-state index in [1.165, 1.54) is 5.56 Å². The topological polar surface area (TPSA) is 47.3 Å². The summed E-state index contributed by atoms with van der Waals surface area (Å²) in [5.74, 6) is 0. The van der Waals surface area contributed by atoms with Crippen LogP contribution in [0.15, 0.2) is 30.3 Å². The van der Waals surface area contributed by atoms with Gasteiger partial charge in [-0.1, -0.05) is 30.3 Å². The van der Waals surface area contributed by atoms with E-state index in [-0.39, 0.29) is 6.04 Å². The molecule has 1 aromatic rings. The highest BCUT2D eigenvalue weighted by Gasteiger charge is 2.20. The van der Waals surface area contributed by atoms with Crippen LogP contribution in [0.25, 0.3) is 0 Å². The molecule has 1 aromatic carbocycles. The summed E-state index contributed by atoms with van der Waals surface area (Å²) < 4.78 is 5.40. The number of rotatable bonds is 3. The first kappa shape index (κ1) is 10.6. The lowest BCUT2D eigenvalue weighted by atomic mass is 10.0. The number of hydrogen-bond acceptors (Lipinski definition) is 3. The Kier molecular flexibility index (Phi) is 3.72. The molecule has 0 spiro atoms. The molecular weight excluding hydrogens is 188 g/mol. The van der Waals surface area contributed by atoms with Gasteiger partial charge in [-0.25, -0.2) is 0 Å². The summed E-state index contributed by atoms with van der Waals surface area (Å²) >= 11 is 0. The van der Waals surface area contributed by atoms with E-state index in [0.717, 1.165) is 26.2 Å². The van der Waals surface area contributed by atoms with Gasteiger partial charge in [0, 0.05) is 18.6 Å². The Morgan fingerprint density at radius 2 is 2.20 bits per heavy atom. The molecule has 0 aliphatic carbocycles. The van der Waals surface area contributed by atoms with Gasteiger partial charge in [0.15, 0.2) is 0 Å². The number of nitrogens with two attached hydrogens (primary N) is 1. The van der Waals surface area contributed by atoms with Crippen molar-refractivity contribution in [1.29, 1.82) is 0 Å². The first-order chi connectivity index (χ1) is 7.36. The second kappa shape index (κ2) is 5.26. The highest BCUT2D eigenvalue weighted by molar-refractivity contribution is 5.16. The average Bonchev–Trinajstić information content (AvgIpc) is 2.31. The summed E-state index contributed by atoms with van der Waals surface area (Å²) in [7, 11) is 0. The molecule has 1 saturated heterocycles. The molecule has 0 radical (unpaired) electrons. The Balaban J connectivity index is 1.88. The maximum atomic E-state index is 6.14. The van der Waals surface area contributed by atoms with Gasteiger partial charge in [-0.3, -0.25) is 0 Å². The van der Waals surface area contributed by atoms with Crippen LogP contribution in [0.3, 0.4) is 0 Å². The normalized spacial score (nSPS) is 23.7. The van der Waals surface area contributed by atoms with Crippen molar-refractivity contribution < 1.29 is 4.74 Å². The molecular formula is C12H18N2O. The van der Waals surface area contributed by atoms with Gasteiger partial charge in [-0.15, -0.1) is 0 Å². The zero-order valence-electron chi connectivity index (χ0n) is 8.86. The molecule has 2 rings (SSSR count). The van der Waals surface area contributed by atoms with Crippen LogP contribution in [-0.2, 0) is 11.2 Å². The van der Waals surface area contributed by atoms with Crippen molar-refractivity contribution in [1.82, 2.24) is 5.32 Å². The SMILES string of the molecule is NC(Cc1ccccc1)C1COCCN1. The second-order valence-corrected chi connectivity index (χ2v) is 3.99. The van der Waals surface area contributed by atoms with E-state index >= 15 is 0 Å². The molecule has 0 saturated carbocycles. The summed E-state index contributed by atoms with van der Waals surface area (Å²) in [6.07, 6.45) is 0.905. The third kappa shape index (κ3) is 3.02. The van der Waals surface area contributed by atoms with Crippen LogP contribution >= 0.6 is 0 Å². The van der Waals surface area contributed by atoms with Gasteiger partial charge in [0.25, 0.3) is 0 Å². The van der Waals surface area contributed by atoms with E-state index in [9.17, 15) is 0 Å². The van der Waals surface area contributed by atoms with Gasteiger partial charge in [-0.05, 0) is 12.0 Å². The van der Waals surface area contributed by atoms with Crippen LogP contribution in [0.4, 0.5) is 0 Å². The number of morpholine rings is 1. The quantitative estimate of drug-likeness (QED) is 0.759. The number of nitrogens with one attached hydrogen (secondary N) is 1. The third-order valence-corrected chi connectivity index (χ3v) is 2.78. The minimum Gasteiger partial charge on any atom is -0.378 e. The Bertz CT molecular complexity index is 283. The summed E-state index contributed by atoms with van der Waals surface area (Å²) in [5.41, 5.74) is 7.43. The van der Waals surface area contributed by atoms with Gasteiger partial charge in [0.05, 0.1) is 13.2 Å². The molecule has 0 aromatic heterocycles. The summed E-state index contributed by atoms with van der Waals surface area (Å²) in [6, 6.07) is 10.8. The fourth-order valence-electron chi connectivity index (χ4n) is 1.89. The molecule has 1 aliphatic rings. The lowest BCUT2D eigenvalue weighted by Gasteiger charge is -2.28. The average molecular weight is 206 g/mol. The summed E-state index contributed by atoms with van der Waals surface area (Å²) in [4.78, 5) is 0. The van der Waals surface area contributed by atoms with Crippen LogP contribution in [0.5, 0.6) is 0 Å². The molecule has 0 bridgehead atoms. The molecule has 0 amide bonds. The highest BCUT2D eigenvalue weighted by Crippen LogP contribution is 2.06. The molecule has 1 fully saturated rings. The maximum Gasteiger partial charge on any atom is 0.0635 e. The Labute approximate surface area is 90.6 Å². The van der Waals surface area contributed by atoms with Crippen LogP contribution in [0.2, 0.25) is 0 Å². The van der Waals surface area contributed by atoms with Gasteiger partial charge < -0.3 is 15.8 Å². The van der Waals surface area contributed by atoms with E-state index in [1.807, 2.05) is 18.2 Å². The monoisotopic (exact) mass is 206 g/mol. The predicted octanol–water partition coefficient (Wildman–Crippen LogP) is 0.545. The summed E-state index contributed by atoms with van der Waals surface area (Å²) in [6.45, 7) is 2.44. The van der Waals surface area contributed by atoms with Gasteiger partial charge in [-0.2, -0.15) is 0 Å². The smallest absolute Gasteiger partial charge is 0.0635 e. The van der Waals surface area contributed by atoms with E-state index in [2.05, 4.69) is 17.4 Å². The lowest BCUT2D eigenvalue weighted by Crippen LogP contribution is -2.53. The fourth-order valence-corrected chi connectivity index (χ4v) is 1.89. The van der Waals surface area contributed by atoms with Crippen LogP contribution in [-0.4, -0.2) is 31.8 Å². The van der Waals surface area contributed by atoms with Gasteiger partial charge in [0.2, 0.25) is 0 Å². The second-order valence-electron chi connectivity index (χ2n) is 3.99. The van der Waals surface area contributed by atoms with Crippen LogP contribution in [0.1, 0.15) is 5.56 Å². The largest absolute Gasteiger partial charge is 0.378 e. The van der Waals surface area contributed by atoms with Crippen molar-refractivity contribution in [3.63, 3.8) is 0 Å².